The highest BCUT2D eigenvalue weighted by atomic mass is 127. The lowest BCUT2D eigenvalue weighted by molar-refractivity contribution is 0.0768. The van der Waals surface area contributed by atoms with Crippen LogP contribution in [0.2, 0.25) is 0 Å². The van der Waals surface area contributed by atoms with Crippen LogP contribution in [-0.4, -0.2) is 23.9 Å². The fourth-order valence-electron chi connectivity index (χ4n) is 1.79. The zero-order chi connectivity index (χ0) is 12.4. The zero-order valence-electron chi connectivity index (χ0n) is 9.54. The van der Waals surface area contributed by atoms with Crippen molar-refractivity contribution in [3.63, 3.8) is 0 Å². The summed E-state index contributed by atoms with van der Waals surface area (Å²) in [5, 5.41) is 0. The summed E-state index contributed by atoms with van der Waals surface area (Å²) in [5.41, 5.74) is 2.13. The summed E-state index contributed by atoms with van der Waals surface area (Å²) < 4.78 is 1.95. The summed E-state index contributed by atoms with van der Waals surface area (Å²) in [4.78, 5) is 14.2. The van der Waals surface area contributed by atoms with Crippen molar-refractivity contribution in [1.82, 2.24) is 4.90 Å². The molecule has 1 amide bonds. The second kappa shape index (κ2) is 5.52. The minimum Gasteiger partial charge on any atom is -0.335 e. The van der Waals surface area contributed by atoms with Gasteiger partial charge in [0.1, 0.15) is 0 Å². The molecule has 2 nitrogen and oxygen atoms in total. The summed E-state index contributed by atoms with van der Waals surface area (Å²) in [7, 11) is 0. The standard InChI is InChI=1S/C13H13BrINO/c1-9-4-6-16(7-5-9)13(17)11-8-10(15)2-3-12(11)14/h2-4,8H,5-7H2,1H3. The van der Waals surface area contributed by atoms with Gasteiger partial charge in [0.15, 0.2) is 0 Å². The summed E-state index contributed by atoms with van der Waals surface area (Å²) in [6.45, 7) is 3.66. The average molecular weight is 406 g/mol. The fourth-order valence-corrected chi connectivity index (χ4v) is 2.69. The molecular weight excluding hydrogens is 393 g/mol. The van der Waals surface area contributed by atoms with Crippen LogP contribution in [0.1, 0.15) is 23.7 Å². The first-order valence-electron chi connectivity index (χ1n) is 5.48. The Morgan fingerprint density at radius 3 is 2.88 bits per heavy atom. The Bertz CT molecular complexity index is 484. The molecule has 2 rings (SSSR count). The molecule has 4 heteroatoms. The summed E-state index contributed by atoms with van der Waals surface area (Å²) in [6, 6.07) is 5.85. The van der Waals surface area contributed by atoms with E-state index in [9.17, 15) is 4.79 Å². The molecule has 1 heterocycles. The lowest BCUT2D eigenvalue weighted by Gasteiger charge is -2.26. The third-order valence-corrected chi connectivity index (χ3v) is 4.24. The second-order valence-electron chi connectivity index (χ2n) is 4.18. The van der Waals surface area contributed by atoms with Crippen molar-refractivity contribution in [2.45, 2.75) is 13.3 Å². The molecule has 0 atom stereocenters. The maximum Gasteiger partial charge on any atom is 0.255 e. The van der Waals surface area contributed by atoms with Crippen molar-refractivity contribution >= 4 is 44.4 Å². The lowest BCUT2D eigenvalue weighted by atomic mass is 10.1. The van der Waals surface area contributed by atoms with Gasteiger partial charge in [-0.1, -0.05) is 11.6 Å². The van der Waals surface area contributed by atoms with E-state index in [0.717, 1.165) is 33.1 Å². The topological polar surface area (TPSA) is 20.3 Å². The van der Waals surface area contributed by atoms with Gasteiger partial charge in [-0.25, -0.2) is 0 Å². The van der Waals surface area contributed by atoms with E-state index < -0.39 is 0 Å². The van der Waals surface area contributed by atoms with Gasteiger partial charge in [-0.3, -0.25) is 4.79 Å². The number of hydrogen-bond acceptors (Lipinski definition) is 1. The van der Waals surface area contributed by atoms with Gasteiger partial charge in [0.2, 0.25) is 0 Å². The molecule has 0 unspecified atom stereocenters. The Kier molecular flexibility index (Phi) is 4.25. The third-order valence-electron chi connectivity index (χ3n) is 2.88. The molecule has 1 aliphatic rings. The van der Waals surface area contributed by atoms with Gasteiger partial charge in [-0.15, -0.1) is 0 Å². The molecule has 0 spiro atoms. The minimum atomic E-state index is 0.110. The highest BCUT2D eigenvalue weighted by Gasteiger charge is 2.19. The van der Waals surface area contributed by atoms with Gasteiger partial charge >= 0.3 is 0 Å². The monoisotopic (exact) mass is 405 g/mol. The molecular formula is C13H13BrINO. The molecule has 17 heavy (non-hydrogen) atoms. The summed E-state index contributed by atoms with van der Waals surface area (Å²) in [6.07, 6.45) is 3.11. The number of carbonyl (C=O) groups is 1. The van der Waals surface area contributed by atoms with Gasteiger partial charge in [-0.2, -0.15) is 0 Å². The van der Waals surface area contributed by atoms with Crippen LogP contribution in [0.25, 0.3) is 0 Å². The number of nitrogens with zero attached hydrogens (tertiary/aromatic N) is 1. The quantitative estimate of drug-likeness (QED) is 0.513. The lowest BCUT2D eigenvalue weighted by Crippen LogP contribution is -2.34. The van der Waals surface area contributed by atoms with E-state index in [4.69, 9.17) is 0 Å². The van der Waals surface area contributed by atoms with E-state index in [-0.39, 0.29) is 5.91 Å². The van der Waals surface area contributed by atoms with Gasteiger partial charge in [0, 0.05) is 21.1 Å². The smallest absolute Gasteiger partial charge is 0.255 e. The van der Waals surface area contributed by atoms with Crippen LogP contribution in [-0.2, 0) is 0 Å². The van der Waals surface area contributed by atoms with Crippen molar-refractivity contribution in [2.24, 2.45) is 0 Å². The predicted octanol–water partition coefficient (Wildman–Crippen LogP) is 3.85. The Hall–Kier alpha value is -0.360. The first kappa shape index (κ1) is 13.1. The Balaban J connectivity index is 2.23. The maximum absolute atomic E-state index is 12.3. The van der Waals surface area contributed by atoms with Crippen LogP contribution in [0.4, 0.5) is 0 Å². The van der Waals surface area contributed by atoms with E-state index in [1.165, 1.54) is 5.57 Å². The number of halogens is 2. The molecule has 1 aliphatic heterocycles. The minimum absolute atomic E-state index is 0.110. The number of rotatable bonds is 1. The summed E-state index contributed by atoms with van der Waals surface area (Å²) in [5.74, 6) is 0.110. The molecule has 0 aliphatic carbocycles. The zero-order valence-corrected chi connectivity index (χ0v) is 13.3. The highest BCUT2D eigenvalue weighted by Crippen LogP contribution is 2.22. The largest absolute Gasteiger partial charge is 0.335 e. The maximum atomic E-state index is 12.3. The van der Waals surface area contributed by atoms with E-state index in [2.05, 4.69) is 51.5 Å². The van der Waals surface area contributed by atoms with Crippen molar-refractivity contribution in [1.29, 1.82) is 0 Å². The molecule has 0 radical (unpaired) electrons. The first-order chi connectivity index (χ1) is 8.08. The molecule has 0 saturated heterocycles. The Labute approximate surface area is 123 Å². The molecule has 0 fully saturated rings. The number of benzene rings is 1. The second-order valence-corrected chi connectivity index (χ2v) is 6.28. The molecule has 0 N–H and O–H groups in total. The SMILES string of the molecule is CC1=CCN(C(=O)c2cc(I)ccc2Br)CC1. The van der Waals surface area contributed by atoms with Crippen LogP contribution >= 0.6 is 38.5 Å². The van der Waals surface area contributed by atoms with Crippen molar-refractivity contribution in [3.8, 4) is 0 Å². The number of hydrogen-bond donors (Lipinski definition) is 0. The van der Waals surface area contributed by atoms with Crippen molar-refractivity contribution < 1.29 is 4.79 Å². The van der Waals surface area contributed by atoms with Crippen molar-refractivity contribution in [2.75, 3.05) is 13.1 Å². The fraction of sp³-hybridized carbons (Fsp3) is 0.308. The van der Waals surface area contributed by atoms with Crippen LogP contribution in [0.15, 0.2) is 34.3 Å². The first-order valence-corrected chi connectivity index (χ1v) is 7.35. The van der Waals surface area contributed by atoms with Crippen LogP contribution < -0.4 is 0 Å². The molecule has 1 aromatic carbocycles. The van der Waals surface area contributed by atoms with Crippen LogP contribution in [0.5, 0.6) is 0 Å². The van der Waals surface area contributed by atoms with Gasteiger partial charge < -0.3 is 4.90 Å². The summed E-state index contributed by atoms with van der Waals surface area (Å²) >= 11 is 5.67. The molecule has 0 aromatic heterocycles. The Morgan fingerprint density at radius 2 is 2.24 bits per heavy atom. The number of amides is 1. The van der Waals surface area contributed by atoms with Gasteiger partial charge in [0.05, 0.1) is 5.56 Å². The predicted molar refractivity (Wildman–Crippen MR) is 81.1 cm³/mol. The normalized spacial score (nSPS) is 15.7. The van der Waals surface area contributed by atoms with Crippen LogP contribution in [0.3, 0.4) is 0 Å². The number of carbonyl (C=O) groups excluding carboxylic acids is 1. The average Bonchev–Trinajstić information content (AvgIpc) is 2.32. The third kappa shape index (κ3) is 3.10. The van der Waals surface area contributed by atoms with E-state index in [1.54, 1.807) is 0 Å². The molecule has 1 aromatic rings. The molecule has 0 saturated carbocycles. The van der Waals surface area contributed by atoms with E-state index in [1.807, 2.05) is 23.1 Å². The Morgan fingerprint density at radius 1 is 1.47 bits per heavy atom. The van der Waals surface area contributed by atoms with Gasteiger partial charge in [-0.05, 0) is 70.1 Å². The molecule has 0 bridgehead atoms. The van der Waals surface area contributed by atoms with E-state index in [0.29, 0.717) is 0 Å². The van der Waals surface area contributed by atoms with Crippen LogP contribution in [0, 0.1) is 3.57 Å². The van der Waals surface area contributed by atoms with E-state index >= 15 is 0 Å². The van der Waals surface area contributed by atoms with Gasteiger partial charge in [0.25, 0.3) is 5.91 Å². The van der Waals surface area contributed by atoms with Crippen molar-refractivity contribution in [3.05, 3.63) is 43.5 Å². The molecule has 90 valence electrons. The highest BCUT2D eigenvalue weighted by molar-refractivity contribution is 14.1.